The van der Waals surface area contributed by atoms with Crippen molar-refractivity contribution in [3.05, 3.63) is 12.2 Å². The van der Waals surface area contributed by atoms with Crippen molar-refractivity contribution in [2.75, 3.05) is 19.7 Å². The molecule has 0 aromatic carbocycles. The van der Waals surface area contributed by atoms with E-state index in [0.29, 0.717) is 6.42 Å². The highest BCUT2D eigenvalue weighted by Crippen LogP contribution is 2.07. The summed E-state index contributed by atoms with van der Waals surface area (Å²) in [6.07, 6.45) is 4.99. The molecule has 1 fully saturated rings. The van der Waals surface area contributed by atoms with Gasteiger partial charge in [0.25, 0.3) is 0 Å². The average molecular weight is 266 g/mol. The quantitative estimate of drug-likeness (QED) is 0.781. The van der Waals surface area contributed by atoms with Gasteiger partial charge in [-0.3, -0.25) is 4.79 Å². The molecule has 0 radical (unpaired) electrons. The van der Waals surface area contributed by atoms with E-state index in [9.17, 15) is 4.79 Å². The van der Waals surface area contributed by atoms with Crippen LogP contribution in [0.4, 0.5) is 0 Å². The first-order valence-corrected chi connectivity index (χ1v) is 7.00. The summed E-state index contributed by atoms with van der Waals surface area (Å²) < 4.78 is 7.44. The van der Waals surface area contributed by atoms with Gasteiger partial charge in [0, 0.05) is 6.54 Å². The van der Waals surface area contributed by atoms with Crippen LogP contribution in [0.3, 0.4) is 0 Å². The van der Waals surface area contributed by atoms with Gasteiger partial charge in [-0.2, -0.15) is 5.10 Å². The number of hydrogen-bond acceptors (Lipinski definition) is 5. The van der Waals surface area contributed by atoms with E-state index in [-0.39, 0.29) is 18.5 Å². The van der Waals surface area contributed by atoms with Crippen LogP contribution in [0.15, 0.2) is 6.33 Å². The lowest BCUT2D eigenvalue weighted by atomic mass is 10.1. The molecule has 0 bridgehead atoms. The Bertz CT molecular complexity index is 399. The van der Waals surface area contributed by atoms with Gasteiger partial charge in [0.15, 0.2) is 5.78 Å². The summed E-state index contributed by atoms with van der Waals surface area (Å²) in [5.41, 5.74) is 0. The molecule has 6 nitrogen and oxygen atoms in total. The molecule has 6 heteroatoms. The fraction of sp³-hybridized carbons (Fsp3) is 0.769. The molecule has 0 amide bonds. The molecule has 1 saturated heterocycles. The van der Waals surface area contributed by atoms with Gasteiger partial charge in [-0.15, -0.1) is 0 Å². The van der Waals surface area contributed by atoms with E-state index in [2.05, 4.69) is 22.3 Å². The molecular formula is C13H22N4O2. The number of piperidine rings is 1. The number of carbonyl (C=O) groups excluding carboxylic acids is 1. The van der Waals surface area contributed by atoms with Gasteiger partial charge in [0.2, 0.25) is 0 Å². The minimum absolute atomic E-state index is 0.0730. The Balaban J connectivity index is 1.75. The standard InChI is InChI=1S/C13H22N4O2/c1-2-7-17-13(15-10-16-17)8-11(18)9-19-12-3-5-14-6-4-12/h10,12,14H,2-9H2,1H3. The lowest BCUT2D eigenvalue weighted by Crippen LogP contribution is -2.33. The fourth-order valence-corrected chi connectivity index (χ4v) is 2.22. The summed E-state index contributed by atoms with van der Waals surface area (Å²) >= 11 is 0. The Hall–Kier alpha value is -1.27. The highest BCUT2D eigenvalue weighted by molar-refractivity contribution is 5.81. The Morgan fingerprint density at radius 3 is 3.05 bits per heavy atom. The van der Waals surface area contributed by atoms with Crippen molar-refractivity contribution in [3.8, 4) is 0 Å². The average Bonchev–Trinajstić information content (AvgIpc) is 2.85. The van der Waals surface area contributed by atoms with Gasteiger partial charge in [0.05, 0.1) is 12.5 Å². The topological polar surface area (TPSA) is 69.0 Å². The van der Waals surface area contributed by atoms with Gasteiger partial charge in [-0.05, 0) is 32.4 Å². The number of hydrogen-bond donors (Lipinski definition) is 1. The second kappa shape index (κ2) is 7.35. The largest absolute Gasteiger partial charge is 0.370 e. The van der Waals surface area contributed by atoms with Gasteiger partial charge in [-0.1, -0.05) is 6.92 Å². The molecule has 1 N–H and O–H groups in total. The SMILES string of the molecule is CCCn1ncnc1CC(=O)COC1CCNCC1. The first kappa shape index (κ1) is 14.1. The molecule has 0 atom stereocenters. The zero-order valence-electron chi connectivity index (χ0n) is 11.5. The summed E-state index contributed by atoms with van der Waals surface area (Å²) in [6.45, 7) is 5.02. The van der Waals surface area contributed by atoms with Crippen LogP contribution in [-0.2, 0) is 22.5 Å². The summed E-state index contributed by atoms with van der Waals surface area (Å²) in [5, 5.41) is 7.39. The molecule has 1 aliphatic heterocycles. The third-order valence-electron chi connectivity index (χ3n) is 3.25. The van der Waals surface area contributed by atoms with E-state index >= 15 is 0 Å². The van der Waals surface area contributed by atoms with Gasteiger partial charge >= 0.3 is 0 Å². The maximum atomic E-state index is 11.9. The van der Waals surface area contributed by atoms with E-state index in [1.807, 2.05) is 0 Å². The zero-order valence-corrected chi connectivity index (χ0v) is 11.5. The van der Waals surface area contributed by atoms with Crippen LogP contribution in [0, 0.1) is 0 Å². The molecule has 0 saturated carbocycles. The van der Waals surface area contributed by atoms with Crippen LogP contribution in [0.25, 0.3) is 0 Å². The molecule has 1 aromatic rings. The van der Waals surface area contributed by atoms with E-state index in [4.69, 9.17) is 4.74 Å². The molecule has 1 aliphatic rings. The highest BCUT2D eigenvalue weighted by atomic mass is 16.5. The van der Waals surface area contributed by atoms with E-state index < -0.39 is 0 Å². The molecular weight excluding hydrogens is 244 g/mol. The zero-order chi connectivity index (χ0) is 13.5. The Morgan fingerprint density at radius 1 is 1.53 bits per heavy atom. The Labute approximate surface area is 113 Å². The van der Waals surface area contributed by atoms with E-state index in [1.54, 1.807) is 4.68 Å². The smallest absolute Gasteiger partial charge is 0.166 e. The number of aromatic nitrogens is 3. The van der Waals surface area contributed by atoms with E-state index in [1.165, 1.54) is 6.33 Å². The van der Waals surface area contributed by atoms with Gasteiger partial charge in [0.1, 0.15) is 18.8 Å². The Kier molecular flexibility index (Phi) is 5.47. The number of nitrogens with one attached hydrogen (secondary N) is 1. The van der Waals surface area contributed by atoms with Crippen LogP contribution >= 0.6 is 0 Å². The number of carbonyl (C=O) groups is 1. The number of Topliss-reactive ketones (excluding diaryl/α,β-unsaturated/α-hetero) is 1. The van der Waals surface area contributed by atoms with Crippen molar-refractivity contribution < 1.29 is 9.53 Å². The van der Waals surface area contributed by atoms with Crippen molar-refractivity contribution in [3.63, 3.8) is 0 Å². The first-order valence-electron chi connectivity index (χ1n) is 7.00. The predicted octanol–water partition coefficient (Wildman–Crippen LogP) is 0.568. The van der Waals surface area contributed by atoms with Gasteiger partial charge in [-0.25, -0.2) is 9.67 Å². The second-order valence-electron chi connectivity index (χ2n) is 4.88. The second-order valence-corrected chi connectivity index (χ2v) is 4.88. The monoisotopic (exact) mass is 266 g/mol. The van der Waals surface area contributed by atoms with Crippen molar-refractivity contribution in [2.45, 2.75) is 45.3 Å². The van der Waals surface area contributed by atoms with Crippen LogP contribution in [-0.4, -0.2) is 46.3 Å². The highest BCUT2D eigenvalue weighted by Gasteiger charge is 2.16. The third kappa shape index (κ3) is 4.40. The summed E-state index contributed by atoms with van der Waals surface area (Å²) in [6, 6.07) is 0. The molecule has 0 aliphatic carbocycles. The number of nitrogens with zero attached hydrogens (tertiary/aromatic N) is 3. The Morgan fingerprint density at radius 2 is 2.32 bits per heavy atom. The minimum Gasteiger partial charge on any atom is -0.370 e. The predicted molar refractivity (Wildman–Crippen MR) is 70.9 cm³/mol. The molecule has 0 unspecified atom stereocenters. The maximum Gasteiger partial charge on any atom is 0.166 e. The number of ether oxygens (including phenoxy) is 1. The van der Waals surface area contributed by atoms with Crippen molar-refractivity contribution in [2.24, 2.45) is 0 Å². The molecule has 2 rings (SSSR count). The molecule has 0 spiro atoms. The first-order chi connectivity index (χ1) is 9.29. The maximum absolute atomic E-state index is 11.9. The lowest BCUT2D eigenvalue weighted by Gasteiger charge is -2.22. The van der Waals surface area contributed by atoms with Crippen LogP contribution < -0.4 is 5.32 Å². The van der Waals surface area contributed by atoms with Gasteiger partial charge < -0.3 is 10.1 Å². The summed E-state index contributed by atoms with van der Waals surface area (Å²) in [7, 11) is 0. The van der Waals surface area contributed by atoms with Crippen LogP contribution in [0.5, 0.6) is 0 Å². The number of aryl methyl sites for hydroxylation is 1. The fourth-order valence-electron chi connectivity index (χ4n) is 2.22. The van der Waals surface area contributed by atoms with Crippen molar-refractivity contribution in [1.82, 2.24) is 20.1 Å². The van der Waals surface area contributed by atoms with Crippen LogP contribution in [0.1, 0.15) is 32.0 Å². The third-order valence-corrected chi connectivity index (χ3v) is 3.25. The van der Waals surface area contributed by atoms with Crippen LogP contribution in [0.2, 0.25) is 0 Å². The summed E-state index contributed by atoms with van der Waals surface area (Å²) in [5.74, 6) is 0.810. The van der Waals surface area contributed by atoms with Crippen molar-refractivity contribution in [1.29, 1.82) is 0 Å². The number of ketones is 1. The molecule has 1 aromatic heterocycles. The summed E-state index contributed by atoms with van der Waals surface area (Å²) in [4.78, 5) is 16.0. The number of rotatable bonds is 7. The van der Waals surface area contributed by atoms with E-state index in [0.717, 1.165) is 44.7 Å². The normalized spacial score (nSPS) is 16.7. The molecule has 19 heavy (non-hydrogen) atoms. The minimum atomic E-state index is 0.0730. The molecule has 106 valence electrons. The van der Waals surface area contributed by atoms with Crippen molar-refractivity contribution >= 4 is 5.78 Å². The lowest BCUT2D eigenvalue weighted by molar-refractivity contribution is -0.125. The molecule has 2 heterocycles.